The molecule has 0 amide bonds. The minimum Gasteiger partial charge on any atom is -0.300 e. The van der Waals surface area contributed by atoms with Crippen LogP contribution in [0, 0.1) is 5.41 Å². The van der Waals surface area contributed by atoms with Gasteiger partial charge in [0.05, 0.1) is 18.0 Å². The third-order valence-corrected chi connectivity index (χ3v) is 6.11. The standard InChI is InChI=1S/C41H42N4/c1-7-10-31-44-41(39-21-15-13-16-22-39)45-35(6)33(4)23-24-34(5)37(18-8-2)26-27-38(19-9-3)40(42)28-25-36-20-14-11-12-17-30-43-32-29-36/h7-10,12-31,42H,2-6,11,32H2,1H3/b10-7+,17-12-,20-14?,24-23-,27-26-,28-25-,36-29+,37-18-,38-19-,42-40?,43-30?,44-31?,45-41?. The van der Waals surface area contributed by atoms with Crippen LogP contribution in [0.15, 0.2) is 215 Å². The Morgan fingerprint density at radius 3 is 2.33 bits per heavy atom. The summed E-state index contributed by atoms with van der Waals surface area (Å²) >= 11 is 0. The fraction of sp³-hybridized carbons (Fsp3) is 0.0732. The monoisotopic (exact) mass is 590 g/mol. The molecule has 45 heavy (non-hydrogen) atoms. The number of allylic oxidation sites excluding steroid dienone is 20. The second-order valence-electron chi connectivity index (χ2n) is 9.52. The van der Waals surface area contributed by atoms with Crippen LogP contribution < -0.4 is 0 Å². The highest BCUT2D eigenvalue weighted by atomic mass is 14.9. The van der Waals surface area contributed by atoms with E-state index in [4.69, 9.17) is 5.41 Å². The number of amidine groups is 1. The lowest BCUT2D eigenvalue weighted by molar-refractivity contribution is 1.24. The van der Waals surface area contributed by atoms with Crippen molar-refractivity contribution in [2.75, 3.05) is 6.54 Å². The molecule has 0 aromatic heterocycles. The fourth-order valence-electron chi connectivity index (χ4n) is 3.66. The SMILES string of the molecule is C=C/C=C(/C=C\C(=C\C=C)C(=N)/C=C\C1=C\CN=C/C=C\CC=C1)C(=C)/C=C\C(=C)C(=C)N=C(N=C/C=C/C)c1ccccc1. The van der Waals surface area contributed by atoms with Crippen molar-refractivity contribution in [3.05, 3.63) is 206 Å². The van der Waals surface area contributed by atoms with E-state index in [1.54, 1.807) is 36.7 Å². The molecule has 1 N–H and O–H groups in total. The van der Waals surface area contributed by atoms with Crippen molar-refractivity contribution in [2.45, 2.75) is 13.3 Å². The van der Waals surface area contributed by atoms with Crippen molar-refractivity contribution in [3.63, 3.8) is 0 Å². The normalized spacial score (nSPS) is 16.8. The molecule has 1 aromatic rings. The molecule has 0 fully saturated rings. The molecule has 1 aromatic carbocycles. The second-order valence-corrected chi connectivity index (χ2v) is 9.52. The lowest BCUT2D eigenvalue weighted by Gasteiger charge is -2.06. The zero-order chi connectivity index (χ0) is 32.7. The van der Waals surface area contributed by atoms with Crippen LogP contribution in [0.5, 0.6) is 0 Å². The molecule has 0 atom stereocenters. The van der Waals surface area contributed by atoms with Gasteiger partial charge in [0, 0.05) is 18.0 Å². The van der Waals surface area contributed by atoms with E-state index < -0.39 is 0 Å². The van der Waals surface area contributed by atoms with Crippen LogP contribution in [-0.2, 0) is 0 Å². The van der Waals surface area contributed by atoms with Crippen molar-refractivity contribution >= 4 is 24.0 Å². The van der Waals surface area contributed by atoms with Gasteiger partial charge in [-0.25, -0.2) is 9.98 Å². The van der Waals surface area contributed by atoms with Crippen LogP contribution in [0.2, 0.25) is 0 Å². The van der Waals surface area contributed by atoms with Crippen LogP contribution in [-0.4, -0.2) is 30.5 Å². The first-order valence-corrected chi connectivity index (χ1v) is 14.6. The van der Waals surface area contributed by atoms with Crippen LogP contribution in [0.1, 0.15) is 18.9 Å². The average molecular weight is 591 g/mol. The summed E-state index contributed by atoms with van der Waals surface area (Å²) < 4.78 is 0. The van der Waals surface area contributed by atoms with Crippen LogP contribution in [0.25, 0.3) is 0 Å². The molecule has 2 rings (SSSR count). The molecule has 1 heterocycles. The first-order chi connectivity index (χ1) is 21.9. The van der Waals surface area contributed by atoms with Crippen LogP contribution >= 0.6 is 0 Å². The highest BCUT2D eigenvalue weighted by Gasteiger charge is 2.04. The first-order valence-electron chi connectivity index (χ1n) is 14.6. The molecule has 0 bridgehead atoms. The lowest BCUT2D eigenvalue weighted by Crippen LogP contribution is -1.98. The van der Waals surface area contributed by atoms with Crippen molar-refractivity contribution in [1.82, 2.24) is 0 Å². The van der Waals surface area contributed by atoms with Gasteiger partial charge in [0.15, 0.2) is 5.84 Å². The quantitative estimate of drug-likeness (QED) is 0.127. The Morgan fingerprint density at radius 2 is 1.60 bits per heavy atom. The molecule has 1 aliphatic rings. The fourth-order valence-corrected chi connectivity index (χ4v) is 3.66. The van der Waals surface area contributed by atoms with Gasteiger partial charge in [0.25, 0.3) is 0 Å². The summed E-state index contributed by atoms with van der Waals surface area (Å²) in [7, 11) is 0. The molecule has 4 nitrogen and oxygen atoms in total. The summed E-state index contributed by atoms with van der Waals surface area (Å²) in [5, 5.41) is 8.68. The van der Waals surface area contributed by atoms with E-state index in [0.29, 0.717) is 34.9 Å². The Morgan fingerprint density at radius 1 is 0.889 bits per heavy atom. The molecule has 0 saturated heterocycles. The Kier molecular flexibility index (Phi) is 16.6. The molecule has 1 aliphatic heterocycles. The number of benzene rings is 1. The van der Waals surface area contributed by atoms with Gasteiger partial charge in [0.1, 0.15) is 0 Å². The maximum atomic E-state index is 8.68. The van der Waals surface area contributed by atoms with E-state index in [1.807, 2.05) is 110 Å². The van der Waals surface area contributed by atoms with Crippen LogP contribution in [0.4, 0.5) is 0 Å². The molecule has 0 spiro atoms. The summed E-state index contributed by atoms with van der Waals surface area (Å²) in [4.78, 5) is 13.5. The molecular formula is C41H42N4. The van der Waals surface area contributed by atoms with Gasteiger partial charge in [-0.05, 0) is 59.4 Å². The predicted molar refractivity (Wildman–Crippen MR) is 200 cm³/mol. The van der Waals surface area contributed by atoms with Gasteiger partial charge in [-0.2, -0.15) is 0 Å². The zero-order valence-electron chi connectivity index (χ0n) is 26.1. The predicted octanol–water partition coefficient (Wildman–Crippen LogP) is 10.1. The number of nitrogens with one attached hydrogen (secondary N) is 1. The zero-order valence-corrected chi connectivity index (χ0v) is 26.1. The second kappa shape index (κ2) is 21.0. The van der Waals surface area contributed by atoms with E-state index in [-0.39, 0.29) is 0 Å². The third kappa shape index (κ3) is 13.9. The number of hydrogen-bond donors (Lipinski definition) is 1. The summed E-state index contributed by atoms with van der Waals surface area (Å²) in [5.74, 6) is 0.541. The first kappa shape index (κ1) is 35.5. The van der Waals surface area contributed by atoms with Crippen molar-refractivity contribution < 1.29 is 0 Å². The van der Waals surface area contributed by atoms with Gasteiger partial charge in [0.2, 0.25) is 0 Å². The van der Waals surface area contributed by atoms with E-state index in [0.717, 1.165) is 28.7 Å². The summed E-state index contributed by atoms with van der Waals surface area (Å²) in [6.07, 6.45) is 36.4. The van der Waals surface area contributed by atoms with Gasteiger partial charge in [-0.3, -0.25) is 4.99 Å². The molecule has 0 radical (unpaired) electrons. The minimum atomic E-state index is 0.342. The van der Waals surface area contributed by atoms with E-state index in [2.05, 4.69) is 53.9 Å². The average Bonchev–Trinajstić information content (AvgIpc) is 3.06. The summed E-state index contributed by atoms with van der Waals surface area (Å²) in [5.41, 5.74) is 5.56. The summed E-state index contributed by atoms with van der Waals surface area (Å²) in [6, 6.07) is 9.72. The van der Waals surface area contributed by atoms with Gasteiger partial charge in [-0.15, -0.1) is 0 Å². The topological polar surface area (TPSA) is 60.9 Å². The molecule has 0 aliphatic carbocycles. The molecular weight excluding hydrogens is 548 g/mol. The maximum absolute atomic E-state index is 8.68. The van der Waals surface area contributed by atoms with E-state index in [1.165, 1.54) is 0 Å². The highest BCUT2D eigenvalue weighted by Crippen LogP contribution is 2.18. The molecule has 4 heteroatoms. The molecule has 0 saturated carbocycles. The van der Waals surface area contributed by atoms with Crippen molar-refractivity contribution in [1.29, 1.82) is 5.41 Å². The molecule has 0 unspecified atom stereocenters. The smallest absolute Gasteiger partial charge is 0.159 e. The van der Waals surface area contributed by atoms with Gasteiger partial charge >= 0.3 is 0 Å². The summed E-state index contributed by atoms with van der Waals surface area (Å²) in [6.45, 7) is 22.7. The number of nitrogens with zero attached hydrogens (tertiary/aromatic N) is 3. The Hall–Kier alpha value is -5.74. The van der Waals surface area contributed by atoms with E-state index >= 15 is 0 Å². The third-order valence-electron chi connectivity index (χ3n) is 6.11. The Bertz CT molecular complexity index is 1620. The van der Waals surface area contributed by atoms with E-state index in [9.17, 15) is 0 Å². The minimum absolute atomic E-state index is 0.342. The van der Waals surface area contributed by atoms with Crippen molar-refractivity contribution in [3.8, 4) is 0 Å². The number of rotatable bonds is 14. The van der Waals surface area contributed by atoms with Crippen LogP contribution in [0.3, 0.4) is 0 Å². The van der Waals surface area contributed by atoms with Gasteiger partial charge < -0.3 is 5.41 Å². The Balaban J connectivity index is 2.20. The Labute approximate surface area is 269 Å². The highest BCUT2D eigenvalue weighted by molar-refractivity contribution is 6.08. The largest absolute Gasteiger partial charge is 0.300 e. The number of aliphatic imine (C=N–C) groups is 3. The van der Waals surface area contributed by atoms with Gasteiger partial charge in [-0.1, -0.05) is 148 Å². The van der Waals surface area contributed by atoms with Crippen molar-refractivity contribution in [2.24, 2.45) is 15.0 Å². The maximum Gasteiger partial charge on any atom is 0.159 e. The number of hydrogen-bond acceptors (Lipinski definition) is 3. The lowest BCUT2D eigenvalue weighted by atomic mass is 10.0. The molecule has 226 valence electrons.